The van der Waals surface area contributed by atoms with Gasteiger partial charge in [-0.3, -0.25) is 0 Å². The Morgan fingerprint density at radius 3 is 2.36 bits per heavy atom. The van der Waals surface area contributed by atoms with E-state index >= 15 is 0 Å². The molecule has 0 heterocycles. The Labute approximate surface area is 94.1 Å². The molecule has 0 aromatic rings. The lowest BCUT2D eigenvalue weighted by atomic mass is 9.97. The number of aliphatic hydroxyl groups is 1. The van der Waals surface area contributed by atoms with E-state index < -0.39 is 0 Å². The van der Waals surface area contributed by atoms with Gasteiger partial charge in [0.25, 0.3) is 0 Å². The second-order valence-electron chi connectivity index (χ2n) is 4.16. The molecule has 1 N–H and O–H groups in total. The minimum absolute atomic E-state index is 0.295. The van der Waals surface area contributed by atoms with Crippen LogP contribution >= 0.6 is 12.6 Å². The highest BCUT2D eigenvalue weighted by Gasteiger charge is 2.14. The summed E-state index contributed by atoms with van der Waals surface area (Å²) in [6.07, 6.45) is 0.880. The van der Waals surface area contributed by atoms with Crippen LogP contribution in [0, 0.1) is 11.8 Å². The summed E-state index contributed by atoms with van der Waals surface area (Å²) in [5.74, 6) is 2.31. The predicted molar refractivity (Wildman–Crippen MR) is 66.0 cm³/mol. The van der Waals surface area contributed by atoms with Crippen LogP contribution in [0.3, 0.4) is 0 Å². The number of rotatable bonds is 8. The Balaban J connectivity index is 3.87. The van der Waals surface area contributed by atoms with Crippen LogP contribution < -0.4 is 0 Å². The molecule has 86 valence electrons. The first-order chi connectivity index (χ1) is 6.65. The molecule has 2 nitrogen and oxygen atoms in total. The molecular formula is C11H25NOS. The minimum Gasteiger partial charge on any atom is -0.396 e. The molecule has 1 unspecified atom stereocenters. The maximum Gasteiger partial charge on any atom is 0.0443 e. The lowest BCUT2D eigenvalue weighted by Crippen LogP contribution is -2.33. The third-order valence-electron chi connectivity index (χ3n) is 2.75. The van der Waals surface area contributed by atoms with Gasteiger partial charge in [0.05, 0.1) is 0 Å². The van der Waals surface area contributed by atoms with Crippen molar-refractivity contribution < 1.29 is 5.11 Å². The SMILES string of the molecule is CCN(CCCO)CC(CS)C(C)C. The minimum atomic E-state index is 0.295. The Bertz CT molecular complexity index is 130. The van der Waals surface area contributed by atoms with Crippen molar-refractivity contribution in [3.63, 3.8) is 0 Å². The Morgan fingerprint density at radius 1 is 1.36 bits per heavy atom. The van der Waals surface area contributed by atoms with Crippen molar-refractivity contribution in [3.05, 3.63) is 0 Å². The van der Waals surface area contributed by atoms with E-state index in [2.05, 4.69) is 38.3 Å². The molecule has 0 aromatic carbocycles. The zero-order chi connectivity index (χ0) is 11.0. The molecule has 0 aromatic heterocycles. The summed E-state index contributed by atoms with van der Waals surface area (Å²) in [6.45, 7) is 10.1. The van der Waals surface area contributed by atoms with E-state index in [1.165, 1.54) is 0 Å². The normalized spacial score (nSPS) is 13.9. The van der Waals surface area contributed by atoms with Gasteiger partial charge in [0, 0.05) is 19.7 Å². The fraction of sp³-hybridized carbons (Fsp3) is 1.00. The van der Waals surface area contributed by atoms with Crippen molar-refractivity contribution in [2.24, 2.45) is 11.8 Å². The molecule has 14 heavy (non-hydrogen) atoms. The first-order valence-electron chi connectivity index (χ1n) is 5.59. The van der Waals surface area contributed by atoms with E-state index in [4.69, 9.17) is 5.11 Å². The van der Waals surface area contributed by atoms with Gasteiger partial charge in [-0.2, -0.15) is 12.6 Å². The van der Waals surface area contributed by atoms with Gasteiger partial charge >= 0.3 is 0 Å². The standard InChI is InChI=1S/C11H25NOS/c1-4-12(6-5-7-13)8-11(9-14)10(2)3/h10-11,13-14H,4-9H2,1-3H3. The van der Waals surface area contributed by atoms with Gasteiger partial charge in [-0.1, -0.05) is 20.8 Å². The van der Waals surface area contributed by atoms with Gasteiger partial charge in [-0.15, -0.1) is 0 Å². The van der Waals surface area contributed by atoms with Crippen LogP contribution in [0.1, 0.15) is 27.2 Å². The number of hydrogen-bond acceptors (Lipinski definition) is 3. The van der Waals surface area contributed by atoms with Crippen LogP contribution in [-0.2, 0) is 0 Å². The fourth-order valence-corrected chi connectivity index (χ4v) is 2.02. The largest absolute Gasteiger partial charge is 0.396 e. The third-order valence-corrected chi connectivity index (χ3v) is 3.22. The second kappa shape index (κ2) is 8.57. The van der Waals surface area contributed by atoms with Crippen molar-refractivity contribution >= 4 is 12.6 Å². The molecule has 0 rings (SSSR count). The molecule has 0 radical (unpaired) electrons. The maximum atomic E-state index is 8.77. The number of aliphatic hydroxyl groups excluding tert-OH is 1. The highest BCUT2D eigenvalue weighted by atomic mass is 32.1. The lowest BCUT2D eigenvalue weighted by molar-refractivity contribution is 0.197. The van der Waals surface area contributed by atoms with E-state index in [-0.39, 0.29) is 0 Å². The highest BCUT2D eigenvalue weighted by Crippen LogP contribution is 2.14. The van der Waals surface area contributed by atoms with Gasteiger partial charge in [0.15, 0.2) is 0 Å². The van der Waals surface area contributed by atoms with Gasteiger partial charge in [0.2, 0.25) is 0 Å². The zero-order valence-corrected chi connectivity index (χ0v) is 10.6. The second-order valence-corrected chi connectivity index (χ2v) is 4.52. The molecular weight excluding hydrogens is 194 g/mol. The van der Waals surface area contributed by atoms with Crippen molar-refractivity contribution in [1.82, 2.24) is 4.90 Å². The zero-order valence-electron chi connectivity index (χ0n) is 9.74. The Hall–Kier alpha value is 0.270. The Kier molecular flexibility index (Phi) is 8.73. The van der Waals surface area contributed by atoms with Crippen LogP contribution in [0.4, 0.5) is 0 Å². The summed E-state index contributed by atoms with van der Waals surface area (Å²) >= 11 is 4.38. The quantitative estimate of drug-likeness (QED) is 0.609. The van der Waals surface area contributed by atoms with Crippen LogP contribution in [0.2, 0.25) is 0 Å². The van der Waals surface area contributed by atoms with Crippen molar-refractivity contribution in [1.29, 1.82) is 0 Å². The van der Waals surface area contributed by atoms with Crippen LogP contribution in [0.5, 0.6) is 0 Å². The molecule has 0 spiro atoms. The van der Waals surface area contributed by atoms with Gasteiger partial charge in [-0.05, 0) is 30.6 Å². The van der Waals surface area contributed by atoms with E-state index in [9.17, 15) is 0 Å². The molecule has 3 heteroatoms. The summed E-state index contributed by atoms with van der Waals surface area (Å²) in [5.41, 5.74) is 0. The first-order valence-corrected chi connectivity index (χ1v) is 6.23. The summed E-state index contributed by atoms with van der Waals surface area (Å²) in [4.78, 5) is 2.40. The fourth-order valence-electron chi connectivity index (χ4n) is 1.48. The topological polar surface area (TPSA) is 23.5 Å². The monoisotopic (exact) mass is 219 g/mol. The molecule has 0 bridgehead atoms. The third kappa shape index (κ3) is 5.89. The number of nitrogens with zero attached hydrogens (tertiary/aromatic N) is 1. The van der Waals surface area contributed by atoms with Crippen molar-refractivity contribution in [2.45, 2.75) is 27.2 Å². The van der Waals surface area contributed by atoms with Crippen molar-refractivity contribution in [2.75, 3.05) is 32.0 Å². The van der Waals surface area contributed by atoms with Crippen molar-refractivity contribution in [3.8, 4) is 0 Å². The molecule has 0 aliphatic carbocycles. The highest BCUT2D eigenvalue weighted by molar-refractivity contribution is 7.80. The van der Waals surface area contributed by atoms with Gasteiger partial charge in [0.1, 0.15) is 0 Å². The lowest BCUT2D eigenvalue weighted by Gasteiger charge is -2.27. The van der Waals surface area contributed by atoms with E-state index in [0.29, 0.717) is 18.4 Å². The first kappa shape index (κ1) is 14.3. The summed E-state index contributed by atoms with van der Waals surface area (Å²) < 4.78 is 0. The van der Waals surface area contributed by atoms with Crippen LogP contribution in [-0.4, -0.2) is 42.0 Å². The van der Waals surface area contributed by atoms with Crippen LogP contribution in [0.25, 0.3) is 0 Å². The molecule has 0 aliphatic rings. The van der Waals surface area contributed by atoms with Gasteiger partial charge < -0.3 is 10.0 Å². The van der Waals surface area contributed by atoms with E-state index in [0.717, 1.165) is 31.8 Å². The molecule has 0 amide bonds. The maximum absolute atomic E-state index is 8.77. The molecule has 0 fully saturated rings. The summed E-state index contributed by atoms with van der Waals surface area (Å²) in [7, 11) is 0. The number of hydrogen-bond donors (Lipinski definition) is 2. The molecule has 0 aliphatic heterocycles. The summed E-state index contributed by atoms with van der Waals surface area (Å²) in [5, 5.41) is 8.77. The number of thiol groups is 1. The molecule has 0 saturated heterocycles. The summed E-state index contributed by atoms with van der Waals surface area (Å²) in [6, 6.07) is 0. The Morgan fingerprint density at radius 2 is 2.00 bits per heavy atom. The van der Waals surface area contributed by atoms with E-state index in [1.807, 2.05) is 0 Å². The molecule has 0 saturated carbocycles. The average molecular weight is 219 g/mol. The average Bonchev–Trinajstić information content (AvgIpc) is 2.18. The molecule has 1 atom stereocenters. The van der Waals surface area contributed by atoms with E-state index in [1.54, 1.807) is 0 Å². The van der Waals surface area contributed by atoms with Gasteiger partial charge in [-0.25, -0.2) is 0 Å². The predicted octanol–water partition coefficient (Wildman–Crippen LogP) is 1.89. The smallest absolute Gasteiger partial charge is 0.0443 e. The van der Waals surface area contributed by atoms with Crippen LogP contribution in [0.15, 0.2) is 0 Å².